The molecule has 2 saturated heterocycles. The van der Waals surface area contributed by atoms with E-state index in [0.717, 1.165) is 60.8 Å². The quantitative estimate of drug-likeness (QED) is 0.0301. The predicted octanol–water partition coefficient (Wildman–Crippen LogP) is 10.5. The molecular formula is C80H113N9O16. The van der Waals surface area contributed by atoms with Gasteiger partial charge in [-0.05, 0) is 143 Å². The molecule has 105 heavy (non-hydrogen) atoms. The zero-order valence-corrected chi connectivity index (χ0v) is 64.2. The fourth-order valence-electron chi connectivity index (χ4n) is 12.8. The second-order valence-electron chi connectivity index (χ2n) is 32.7. The Morgan fingerprint density at radius 3 is 1.27 bits per heavy atom. The fourth-order valence-corrected chi connectivity index (χ4v) is 12.8. The lowest BCUT2D eigenvalue weighted by Crippen LogP contribution is -2.58. The molecule has 0 bridgehead atoms. The van der Waals surface area contributed by atoms with Crippen LogP contribution >= 0.6 is 0 Å². The molecule has 8 rings (SSSR count). The molecule has 574 valence electrons. The standard InChI is InChI=1S/C36H49N5O7.C32H42N4O5.C12H22O4/c1-35(2,3)30(40-34(46)48-36(4,5)6)32(44)41-21-25(38-29(42)20-37-33(45)47-22-23-13-8-7-9-14-23)19-28(41)31(43)39-27-18-12-16-24-15-10-11-17-26(24)27;1-21(32(2,3)4)30(39)36-19-24(34-28(37)18-33-31(40)41-20-22-11-6-5-7-12-22)17-27(36)29(38)35-26-16-10-14-23-13-8-9-15-25(23)26;1-11(2,3)8(10(14)15)7-9(13)16-12(4,5)6/h7-11,13-15,17,25,27-28,30H,12,16,18-22H2,1-6H3,(H,37,45)(H,38,42)(H,39,43)(H,40,46);5-9,11-13,15,21,24,26-27H,10,14,16-20H2,1-4H3,(H,33,40)(H,34,37)(H,35,38);8H,7H2,1-6H3,(H,14,15)/t25-,27+,28-,30+;21-,24+,26-,27+;8-/m011/s1. The summed E-state index contributed by atoms with van der Waals surface area (Å²) in [7, 11) is 0. The molecule has 9 amide bonds. The van der Waals surface area contributed by atoms with E-state index in [4.69, 9.17) is 24.1 Å². The summed E-state index contributed by atoms with van der Waals surface area (Å²) in [5, 5.41) is 28.8. The molecule has 4 aromatic carbocycles. The van der Waals surface area contributed by atoms with Gasteiger partial charge in [-0.25, -0.2) is 14.4 Å². The normalized spacial score (nSPS) is 19.4. The van der Waals surface area contributed by atoms with E-state index in [1.54, 1.807) is 67.2 Å². The van der Waals surface area contributed by atoms with Gasteiger partial charge in [0.2, 0.25) is 35.4 Å². The Bertz CT molecular complexity index is 3650. The Labute approximate surface area is 618 Å². The number of amides is 9. The van der Waals surface area contributed by atoms with Crippen LogP contribution in [0.3, 0.4) is 0 Å². The van der Waals surface area contributed by atoms with Crippen molar-refractivity contribution >= 4 is 65.7 Å². The predicted molar refractivity (Wildman–Crippen MR) is 396 cm³/mol. The number of carboxylic acid groups (broad SMARTS) is 1. The highest BCUT2D eigenvalue weighted by Crippen LogP contribution is 2.36. The van der Waals surface area contributed by atoms with E-state index >= 15 is 0 Å². The van der Waals surface area contributed by atoms with Gasteiger partial charge in [0.1, 0.15) is 55.6 Å². The first kappa shape index (κ1) is 84.4. The van der Waals surface area contributed by atoms with Crippen LogP contribution in [0.5, 0.6) is 0 Å². The lowest BCUT2D eigenvalue weighted by molar-refractivity contribution is -0.162. The summed E-state index contributed by atoms with van der Waals surface area (Å²) in [4.78, 5) is 144. The van der Waals surface area contributed by atoms with Gasteiger partial charge in [0.05, 0.1) is 24.4 Å². The Balaban J connectivity index is 0.000000275. The van der Waals surface area contributed by atoms with Gasteiger partial charge in [0.15, 0.2) is 0 Å². The topological polar surface area (TPSA) is 336 Å². The summed E-state index contributed by atoms with van der Waals surface area (Å²) >= 11 is 0. The smallest absolute Gasteiger partial charge is 0.408 e. The average Bonchev–Trinajstić information content (AvgIpc) is 1.69. The summed E-state index contributed by atoms with van der Waals surface area (Å²) in [6.45, 7) is 29.0. The molecule has 0 spiro atoms. The highest BCUT2D eigenvalue weighted by molar-refractivity contribution is 5.94. The van der Waals surface area contributed by atoms with E-state index < -0.39 is 106 Å². The molecule has 9 atom stereocenters. The number of benzene rings is 4. The summed E-state index contributed by atoms with van der Waals surface area (Å²) in [6, 6.07) is 30.6. The summed E-state index contributed by atoms with van der Waals surface area (Å²) in [5.41, 5.74) is 3.43. The molecular weight excluding hydrogens is 1340 g/mol. The molecule has 0 radical (unpaired) electrons. The first-order valence-corrected chi connectivity index (χ1v) is 36.4. The van der Waals surface area contributed by atoms with Crippen LogP contribution in [0.15, 0.2) is 109 Å². The first-order valence-electron chi connectivity index (χ1n) is 36.4. The van der Waals surface area contributed by atoms with E-state index in [2.05, 4.69) is 55.4 Å². The number of carbonyl (C=O) groups excluding carboxylic acids is 10. The number of aliphatic carboxylic acids is 1. The van der Waals surface area contributed by atoms with E-state index in [1.807, 2.05) is 139 Å². The van der Waals surface area contributed by atoms with Crippen molar-refractivity contribution in [1.82, 2.24) is 47.0 Å². The molecule has 2 heterocycles. The van der Waals surface area contributed by atoms with E-state index in [9.17, 15) is 52.7 Å². The monoisotopic (exact) mass is 1460 g/mol. The lowest BCUT2D eigenvalue weighted by Gasteiger charge is -2.36. The number of ether oxygens (including phenoxy) is 4. The summed E-state index contributed by atoms with van der Waals surface area (Å²) < 4.78 is 20.9. The van der Waals surface area contributed by atoms with Crippen molar-refractivity contribution in [2.75, 3.05) is 26.2 Å². The molecule has 2 fully saturated rings. The Hall–Kier alpha value is -9.55. The molecule has 25 heteroatoms. The molecule has 2 aliphatic heterocycles. The fraction of sp³-hybridized carbons (Fsp3) is 0.562. The van der Waals surface area contributed by atoms with Crippen LogP contribution in [0.2, 0.25) is 0 Å². The van der Waals surface area contributed by atoms with E-state index in [0.29, 0.717) is 6.42 Å². The van der Waals surface area contributed by atoms with Crippen molar-refractivity contribution in [3.8, 4) is 0 Å². The van der Waals surface area contributed by atoms with Crippen LogP contribution in [0.25, 0.3) is 0 Å². The van der Waals surface area contributed by atoms with E-state index in [-0.39, 0.29) is 93.4 Å². The Morgan fingerprint density at radius 1 is 0.486 bits per heavy atom. The van der Waals surface area contributed by atoms with Crippen LogP contribution in [0, 0.1) is 28.1 Å². The van der Waals surface area contributed by atoms with Gasteiger partial charge in [-0.2, -0.15) is 0 Å². The number of hydrogen-bond acceptors (Lipinski definition) is 15. The van der Waals surface area contributed by atoms with Crippen molar-refractivity contribution in [3.63, 3.8) is 0 Å². The van der Waals surface area contributed by atoms with Crippen molar-refractivity contribution < 1.29 is 76.8 Å². The lowest BCUT2D eigenvalue weighted by atomic mass is 9.79. The van der Waals surface area contributed by atoms with Crippen LogP contribution in [-0.2, 0) is 83.4 Å². The number of carboxylic acids is 1. The minimum absolute atomic E-state index is 0.0327. The van der Waals surface area contributed by atoms with Crippen molar-refractivity contribution in [2.24, 2.45) is 28.1 Å². The van der Waals surface area contributed by atoms with Gasteiger partial charge in [-0.15, -0.1) is 0 Å². The molecule has 0 unspecified atom stereocenters. The number of nitrogens with one attached hydrogen (secondary N) is 7. The van der Waals surface area contributed by atoms with Crippen molar-refractivity contribution in [2.45, 2.75) is 235 Å². The number of hydrogen-bond donors (Lipinski definition) is 8. The third-order valence-corrected chi connectivity index (χ3v) is 18.7. The molecule has 4 aromatic rings. The van der Waals surface area contributed by atoms with Gasteiger partial charge >= 0.3 is 30.2 Å². The van der Waals surface area contributed by atoms with Gasteiger partial charge in [0, 0.05) is 31.1 Å². The maximum Gasteiger partial charge on any atom is 0.408 e. The number of rotatable bonds is 20. The molecule has 4 aliphatic rings. The molecule has 2 aliphatic carbocycles. The Kier molecular flexibility index (Phi) is 30.1. The second kappa shape index (κ2) is 37.4. The Morgan fingerprint density at radius 2 is 0.886 bits per heavy atom. The molecule has 0 aromatic heterocycles. The van der Waals surface area contributed by atoms with Gasteiger partial charge in [-0.3, -0.25) is 38.4 Å². The third kappa shape index (κ3) is 27.1. The molecule has 0 saturated carbocycles. The van der Waals surface area contributed by atoms with Crippen LogP contribution in [0.1, 0.15) is 201 Å². The molecule has 25 nitrogen and oxygen atoms in total. The first-order chi connectivity index (χ1) is 49.1. The average molecular weight is 1460 g/mol. The zero-order valence-electron chi connectivity index (χ0n) is 64.2. The van der Waals surface area contributed by atoms with Crippen LogP contribution in [-0.4, -0.2) is 148 Å². The largest absolute Gasteiger partial charge is 0.481 e. The number of aryl methyl sites for hydroxylation is 2. The number of alkyl carbamates (subject to hydrolysis) is 3. The maximum absolute atomic E-state index is 14.2. The highest BCUT2D eigenvalue weighted by Gasteiger charge is 2.48. The summed E-state index contributed by atoms with van der Waals surface area (Å²) in [6.07, 6.45) is 3.60. The van der Waals surface area contributed by atoms with E-state index in [1.165, 1.54) is 16.0 Å². The zero-order chi connectivity index (χ0) is 77.8. The number of nitrogens with zero attached hydrogens (tertiary/aromatic N) is 2. The number of esters is 1. The summed E-state index contributed by atoms with van der Waals surface area (Å²) in [5.74, 6) is -4.48. The minimum atomic E-state index is -1.02. The van der Waals surface area contributed by atoms with Crippen LogP contribution < -0.4 is 37.2 Å². The number of fused-ring (bicyclic) bond motifs is 2. The number of likely N-dealkylation sites (tertiary alicyclic amines) is 2. The third-order valence-electron chi connectivity index (χ3n) is 18.7. The highest BCUT2D eigenvalue weighted by atomic mass is 16.6. The van der Waals surface area contributed by atoms with Crippen molar-refractivity contribution in [1.29, 1.82) is 0 Å². The van der Waals surface area contributed by atoms with Gasteiger partial charge < -0.3 is 71.1 Å². The maximum atomic E-state index is 14.2. The van der Waals surface area contributed by atoms with Crippen LogP contribution in [0.4, 0.5) is 14.4 Å². The molecule has 8 N–H and O–H groups in total. The van der Waals surface area contributed by atoms with Gasteiger partial charge in [-0.1, -0.05) is 178 Å². The SMILES string of the molecule is CC(C)(C)OC(=O)C[C@H](C(=O)O)C(C)(C)C.CC(C)(C)OC(=O)N[C@H](C(=O)N1C[C@@H](NC(=O)CNC(=O)OCc2ccccc2)C[C@H]1C(=O)N[C@@H]1CCCc2ccccc21)C(C)(C)C.C[C@H](C(=O)N1C[C@@H](NC(=O)CNC(=O)OCc2ccccc2)C[C@H]1C(=O)N[C@@H]1CCCc2ccccc21)C(C)(C)C. The minimum Gasteiger partial charge on any atom is -0.481 e. The second-order valence-corrected chi connectivity index (χ2v) is 32.7. The van der Waals surface area contributed by atoms with Crippen molar-refractivity contribution in [3.05, 3.63) is 143 Å². The van der Waals surface area contributed by atoms with Gasteiger partial charge in [0.25, 0.3) is 0 Å². The number of carbonyl (C=O) groups is 11.